The smallest absolute Gasteiger partial charge is 0.134 e. The van der Waals surface area contributed by atoms with Gasteiger partial charge < -0.3 is 15.5 Å². The van der Waals surface area contributed by atoms with Crippen molar-refractivity contribution in [1.82, 2.24) is 5.32 Å². The summed E-state index contributed by atoms with van der Waals surface area (Å²) in [4.78, 5) is 0. The molecule has 0 aromatic heterocycles. The number of nitrogens with one attached hydrogen (secondary N) is 1. The number of hydrogen-bond acceptors (Lipinski definition) is 3. The minimum Gasteiger partial charge on any atom is -0.506 e. The van der Waals surface area contributed by atoms with Crippen LogP contribution < -0.4 is 5.32 Å². The molecule has 1 aromatic carbocycles. The Morgan fingerprint density at radius 1 is 1.44 bits per heavy atom. The Kier molecular flexibility index (Phi) is 5.60. The lowest BCUT2D eigenvalue weighted by molar-refractivity contribution is 0.181. The maximum Gasteiger partial charge on any atom is 0.134 e. The molecular formula is C12H18ClNO2. The first-order chi connectivity index (χ1) is 7.59. The number of benzene rings is 1. The molecule has 3 N–H and O–H groups in total. The standard InChI is InChI=1S/C12H18ClNO2/c1-9(15)3-2-6-14-8-10-4-5-12(16)11(13)7-10/h4-5,7,9,14-16H,2-3,6,8H2,1H3. The highest BCUT2D eigenvalue weighted by molar-refractivity contribution is 6.32. The third-order valence-electron chi connectivity index (χ3n) is 2.32. The van der Waals surface area contributed by atoms with Crippen LogP contribution in [0.5, 0.6) is 5.75 Å². The van der Waals surface area contributed by atoms with E-state index in [2.05, 4.69) is 5.32 Å². The van der Waals surface area contributed by atoms with E-state index in [4.69, 9.17) is 16.7 Å². The average Bonchev–Trinajstić information content (AvgIpc) is 2.22. The second kappa shape index (κ2) is 6.74. The molecule has 0 aliphatic heterocycles. The lowest BCUT2D eigenvalue weighted by Gasteiger charge is -2.07. The lowest BCUT2D eigenvalue weighted by atomic mass is 10.2. The van der Waals surface area contributed by atoms with Crippen LogP contribution >= 0.6 is 11.6 Å². The Morgan fingerprint density at radius 2 is 2.19 bits per heavy atom. The molecule has 1 unspecified atom stereocenters. The number of phenols is 1. The van der Waals surface area contributed by atoms with Crippen molar-refractivity contribution < 1.29 is 10.2 Å². The van der Waals surface area contributed by atoms with Crippen molar-refractivity contribution in [2.45, 2.75) is 32.4 Å². The Hall–Kier alpha value is -0.770. The SMILES string of the molecule is CC(O)CCCNCc1ccc(O)c(Cl)c1. The number of phenolic OH excluding ortho intramolecular Hbond substituents is 1. The van der Waals surface area contributed by atoms with E-state index in [0.717, 1.165) is 31.5 Å². The summed E-state index contributed by atoms with van der Waals surface area (Å²) in [6.07, 6.45) is 1.53. The second-order valence-electron chi connectivity index (χ2n) is 3.95. The van der Waals surface area contributed by atoms with E-state index in [9.17, 15) is 5.11 Å². The molecule has 0 bridgehead atoms. The fraction of sp³-hybridized carbons (Fsp3) is 0.500. The molecule has 90 valence electrons. The molecule has 0 fully saturated rings. The number of hydrogen-bond donors (Lipinski definition) is 3. The number of aliphatic hydroxyl groups excluding tert-OH is 1. The maximum atomic E-state index is 9.23. The van der Waals surface area contributed by atoms with Crippen molar-refractivity contribution >= 4 is 11.6 Å². The van der Waals surface area contributed by atoms with Gasteiger partial charge in [0, 0.05) is 6.54 Å². The molecule has 1 aromatic rings. The Bertz CT molecular complexity index is 329. The highest BCUT2D eigenvalue weighted by Gasteiger charge is 2.00. The van der Waals surface area contributed by atoms with E-state index in [-0.39, 0.29) is 11.9 Å². The van der Waals surface area contributed by atoms with Gasteiger partial charge in [0.1, 0.15) is 5.75 Å². The van der Waals surface area contributed by atoms with Gasteiger partial charge in [0.25, 0.3) is 0 Å². The van der Waals surface area contributed by atoms with Crippen LogP contribution in [0.2, 0.25) is 5.02 Å². The molecule has 1 atom stereocenters. The molecule has 0 heterocycles. The molecule has 0 aliphatic rings. The van der Waals surface area contributed by atoms with E-state index < -0.39 is 0 Å². The molecule has 0 spiro atoms. The van der Waals surface area contributed by atoms with E-state index in [1.165, 1.54) is 0 Å². The Balaban J connectivity index is 2.24. The lowest BCUT2D eigenvalue weighted by Crippen LogP contribution is -2.16. The van der Waals surface area contributed by atoms with Crippen molar-refractivity contribution in [3.8, 4) is 5.75 Å². The van der Waals surface area contributed by atoms with Gasteiger partial charge in [-0.2, -0.15) is 0 Å². The van der Waals surface area contributed by atoms with Gasteiger partial charge in [0.15, 0.2) is 0 Å². The van der Waals surface area contributed by atoms with Gasteiger partial charge in [-0.3, -0.25) is 0 Å². The van der Waals surface area contributed by atoms with E-state index >= 15 is 0 Å². The molecule has 0 saturated carbocycles. The van der Waals surface area contributed by atoms with Crippen LogP contribution in [0, 0.1) is 0 Å². The summed E-state index contributed by atoms with van der Waals surface area (Å²) in [5.41, 5.74) is 1.04. The van der Waals surface area contributed by atoms with Crippen LogP contribution in [0.15, 0.2) is 18.2 Å². The summed E-state index contributed by atoms with van der Waals surface area (Å²) < 4.78 is 0. The van der Waals surface area contributed by atoms with Crippen LogP contribution in [-0.4, -0.2) is 22.9 Å². The number of aromatic hydroxyl groups is 1. The van der Waals surface area contributed by atoms with Crippen molar-refractivity contribution in [2.75, 3.05) is 6.54 Å². The predicted octanol–water partition coefficient (Wildman–Crippen LogP) is 2.30. The maximum absolute atomic E-state index is 9.23. The highest BCUT2D eigenvalue weighted by atomic mass is 35.5. The predicted molar refractivity (Wildman–Crippen MR) is 65.7 cm³/mol. The van der Waals surface area contributed by atoms with Gasteiger partial charge in [-0.15, -0.1) is 0 Å². The largest absolute Gasteiger partial charge is 0.506 e. The molecule has 0 radical (unpaired) electrons. The molecule has 0 saturated heterocycles. The van der Waals surface area contributed by atoms with Crippen LogP contribution in [0.3, 0.4) is 0 Å². The monoisotopic (exact) mass is 243 g/mol. The van der Waals surface area contributed by atoms with Crippen LogP contribution in [0.25, 0.3) is 0 Å². The molecule has 4 heteroatoms. The van der Waals surface area contributed by atoms with Gasteiger partial charge in [0.05, 0.1) is 11.1 Å². The van der Waals surface area contributed by atoms with Gasteiger partial charge in [0.2, 0.25) is 0 Å². The Morgan fingerprint density at radius 3 is 2.81 bits per heavy atom. The summed E-state index contributed by atoms with van der Waals surface area (Å²) >= 11 is 5.78. The zero-order valence-corrected chi connectivity index (χ0v) is 10.2. The van der Waals surface area contributed by atoms with E-state index in [0.29, 0.717) is 5.02 Å². The number of aliphatic hydroxyl groups is 1. The van der Waals surface area contributed by atoms with Crippen LogP contribution in [-0.2, 0) is 6.54 Å². The minimum atomic E-state index is -0.232. The quantitative estimate of drug-likeness (QED) is 0.672. The fourth-order valence-corrected chi connectivity index (χ4v) is 1.62. The zero-order valence-electron chi connectivity index (χ0n) is 9.41. The Labute approximate surface area is 101 Å². The summed E-state index contributed by atoms with van der Waals surface area (Å²) in [6.45, 7) is 3.38. The van der Waals surface area contributed by atoms with Gasteiger partial charge in [-0.25, -0.2) is 0 Å². The average molecular weight is 244 g/mol. The zero-order chi connectivity index (χ0) is 12.0. The second-order valence-corrected chi connectivity index (χ2v) is 4.36. The van der Waals surface area contributed by atoms with Gasteiger partial charge >= 0.3 is 0 Å². The van der Waals surface area contributed by atoms with Gasteiger partial charge in [-0.1, -0.05) is 17.7 Å². The first-order valence-electron chi connectivity index (χ1n) is 5.46. The molecule has 3 nitrogen and oxygen atoms in total. The highest BCUT2D eigenvalue weighted by Crippen LogP contribution is 2.23. The summed E-state index contributed by atoms with van der Waals surface area (Å²) in [5.74, 6) is 0.111. The number of halogens is 1. The molecular weight excluding hydrogens is 226 g/mol. The van der Waals surface area contributed by atoms with Crippen molar-refractivity contribution in [3.63, 3.8) is 0 Å². The molecule has 0 amide bonds. The molecule has 16 heavy (non-hydrogen) atoms. The first-order valence-corrected chi connectivity index (χ1v) is 5.83. The van der Waals surface area contributed by atoms with Crippen molar-refractivity contribution in [2.24, 2.45) is 0 Å². The minimum absolute atomic E-state index is 0.111. The third kappa shape index (κ3) is 4.84. The number of rotatable bonds is 6. The summed E-state index contributed by atoms with van der Waals surface area (Å²) in [6, 6.07) is 5.18. The molecule has 0 aliphatic carbocycles. The molecule has 1 rings (SSSR count). The van der Waals surface area contributed by atoms with Crippen molar-refractivity contribution in [1.29, 1.82) is 0 Å². The van der Waals surface area contributed by atoms with Crippen LogP contribution in [0.4, 0.5) is 0 Å². The van der Waals surface area contributed by atoms with Gasteiger partial charge in [-0.05, 0) is 44.0 Å². The van der Waals surface area contributed by atoms with Crippen LogP contribution in [0.1, 0.15) is 25.3 Å². The van der Waals surface area contributed by atoms with E-state index in [1.807, 2.05) is 6.07 Å². The summed E-state index contributed by atoms with van der Waals surface area (Å²) in [5, 5.41) is 21.9. The normalized spacial score (nSPS) is 12.7. The van der Waals surface area contributed by atoms with Crippen molar-refractivity contribution in [3.05, 3.63) is 28.8 Å². The topological polar surface area (TPSA) is 52.5 Å². The third-order valence-corrected chi connectivity index (χ3v) is 2.62. The first kappa shape index (κ1) is 13.3. The van der Waals surface area contributed by atoms with E-state index in [1.54, 1.807) is 19.1 Å². The fourth-order valence-electron chi connectivity index (χ4n) is 1.42. The summed E-state index contributed by atoms with van der Waals surface area (Å²) in [7, 11) is 0.